The number of rotatable bonds is 4. The van der Waals surface area contributed by atoms with E-state index < -0.39 is 17.7 Å². The molecular formula is C15H13FN2O3. The molecule has 0 unspecified atom stereocenters. The smallest absolute Gasteiger partial charge is 0.338 e. The van der Waals surface area contributed by atoms with Gasteiger partial charge < -0.3 is 16.2 Å². The number of carbonyl (C=O) groups is 2. The minimum absolute atomic E-state index is 0.00566. The van der Waals surface area contributed by atoms with E-state index in [9.17, 15) is 14.0 Å². The highest BCUT2D eigenvalue weighted by atomic mass is 19.1. The quantitative estimate of drug-likeness (QED) is 0.663. The Balaban J connectivity index is 2.02. The third-order valence-corrected chi connectivity index (χ3v) is 2.76. The first-order valence-corrected chi connectivity index (χ1v) is 6.07. The second-order valence-corrected chi connectivity index (χ2v) is 4.41. The van der Waals surface area contributed by atoms with Crippen molar-refractivity contribution < 1.29 is 18.7 Å². The van der Waals surface area contributed by atoms with Crippen LogP contribution in [0.2, 0.25) is 0 Å². The molecule has 5 nitrogen and oxygen atoms in total. The minimum Gasteiger partial charge on any atom is -0.457 e. The molecule has 0 atom stereocenters. The van der Waals surface area contributed by atoms with Crippen molar-refractivity contribution in [3.05, 3.63) is 65.0 Å². The number of ether oxygens (including phenoxy) is 1. The molecular weight excluding hydrogens is 275 g/mol. The molecule has 21 heavy (non-hydrogen) atoms. The number of anilines is 1. The first kappa shape index (κ1) is 14.5. The van der Waals surface area contributed by atoms with Gasteiger partial charge in [0.1, 0.15) is 12.4 Å². The van der Waals surface area contributed by atoms with Gasteiger partial charge in [-0.25, -0.2) is 9.18 Å². The Morgan fingerprint density at radius 3 is 2.29 bits per heavy atom. The summed E-state index contributed by atoms with van der Waals surface area (Å²) in [6.45, 7) is -0.00566. The minimum atomic E-state index is -0.680. The maximum absolute atomic E-state index is 13.1. The van der Waals surface area contributed by atoms with Gasteiger partial charge in [0.2, 0.25) is 5.91 Å². The van der Waals surface area contributed by atoms with E-state index in [1.165, 1.54) is 18.2 Å². The van der Waals surface area contributed by atoms with Gasteiger partial charge in [-0.3, -0.25) is 4.79 Å². The molecule has 2 aromatic carbocycles. The van der Waals surface area contributed by atoms with Gasteiger partial charge in [-0.15, -0.1) is 0 Å². The lowest BCUT2D eigenvalue weighted by Gasteiger charge is -2.06. The van der Waals surface area contributed by atoms with Gasteiger partial charge in [0.15, 0.2) is 0 Å². The first-order valence-electron chi connectivity index (χ1n) is 6.07. The van der Waals surface area contributed by atoms with Crippen molar-refractivity contribution in [2.75, 3.05) is 5.73 Å². The fourth-order valence-corrected chi connectivity index (χ4v) is 1.73. The normalized spacial score (nSPS) is 10.1. The fourth-order valence-electron chi connectivity index (χ4n) is 1.73. The molecule has 0 heterocycles. The van der Waals surface area contributed by atoms with Gasteiger partial charge in [-0.1, -0.05) is 12.1 Å². The Labute approximate surface area is 120 Å². The van der Waals surface area contributed by atoms with Crippen molar-refractivity contribution in [3.63, 3.8) is 0 Å². The number of nitrogen functional groups attached to an aromatic ring is 1. The molecule has 0 aliphatic rings. The van der Waals surface area contributed by atoms with Crippen molar-refractivity contribution in [2.45, 2.75) is 6.61 Å². The molecule has 0 spiro atoms. The van der Waals surface area contributed by atoms with Crippen LogP contribution in [-0.2, 0) is 11.3 Å². The summed E-state index contributed by atoms with van der Waals surface area (Å²) in [6.07, 6.45) is 0. The second-order valence-electron chi connectivity index (χ2n) is 4.41. The number of benzene rings is 2. The molecule has 1 amide bonds. The number of halogens is 1. The predicted octanol–water partition coefficient (Wildman–Crippen LogP) is 1.86. The van der Waals surface area contributed by atoms with Crippen LogP contribution in [-0.4, -0.2) is 11.9 Å². The zero-order valence-corrected chi connectivity index (χ0v) is 11.0. The van der Waals surface area contributed by atoms with Crippen LogP contribution >= 0.6 is 0 Å². The van der Waals surface area contributed by atoms with Crippen LogP contribution < -0.4 is 11.5 Å². The molecule has 0 fully saturated rings. The molecule has 0 saturated heterocycles. The number of carbonyl (C=O) groups excluding carboxylic acids is 2. The Bertz CT molecular complexity index is 664. The molecule has 0 aromatic heterocycles. The third kappa shape index (κ3) is 3.79. The highest BCUT2D eigenvalue weighted by Crippen LogP contribution is 2.13. The lowest BCUT2D eigenvalue weighted by Crippen LogP contribution is -2.11. The zero-order chi connectivity index (χ0) is 15.4. The summed E-state index contributed by atoms with van der Waals surface area (Å²) in [5.74, 6) is -1.82. The summed E-state index contributed by atoms with van der Waals surface area (Å²) in [5.41, 5.74) is 11.8. The van der Waals surface area contributed by atoms with E-state index in [4.69, 9.17) is 16.2 Å². The maximum atomic E-state index is 13.1. The molecule has 0 saturated carbocycles. The van der Waals surface area contributed by atoms with Crippen LogP contribution in [0.15, 0.2) is 42.5 Å². The average Bonchev–Trinajstić information content (AvgIpc) is 2.44. The van der Waals surface area contributed by atoms with E-state index in [1.54, 1.807) is 12.1 Å². The highest BCUT2D eigenvalue weighted by molar-refractivity contribution is 5.92. The van der Waals surface area contributed by atoms with E-state index in [-0.39, 0.29) is 17.9 Å². The Morgan fingerprint density at radius 2 is 1.71 bits per heavy atom. The van der Waals surface area contributed by atoms with Crippen molar-refractivity contribution in [3.8, 4) is 0 Å². The van der Waals surface area contributed by atoms with Gasteiger partial charge >= 0.3 is 5.97 Å². The molecule has 2 rings (SSSR count). The number of hydrogen-bond donors (Lipinski definition) is 2. The second kappa shape index (κ2) is 6.04. The van der Waals surface area contributed by atoms with Crippen LogP contribution in [0.4, 0.5) is 10.1 Å². The number of primary amides is 1. The molecule has 0 radical (unpaired) electrons. The van der Waals surface area contributed by atoms with E-state index in [0.717, 1.165) is 12.1 Å². The summed E-state index contributed by atoms with van der Waals surface area (Å²) >= 11 is 0. The van der Waals surface area contributed by atoms with Crippen molar-refractivity contribution in [2.24, 2.45) is 5.73 Å². The largest absolute Gasteiger partial charge is 0.457 e. The van der Waals surface area contributed by atoms with E-state index in [1.807, 2.05) is 0 Å². The van der Waals surface area contributed by atoms with Gasteiger partial charge in [0.05, 0.1) is 5.56 Å². The van der Waals surface area contributed by atoms with Crippen molar-refractivity contribution in [1.29, 1.82) is 0 Å². The van der Waals surface area contributed by atoms with Gasteiger partial charge in [-0.05, 0) is 35.9 Å². The predicted molar refractivity (Wildman–Crippen MR) is 74.9 cm³/mol. The number of amides is 1. The molecule has 4 N–H and O–H groups in total. The molecule has 2 aromatic rings. The maximum Gasteiger partial charge on any atom is 0.338 e. The third-order valence-electron chi connectivity index (χ3n) is 2.76. The summed E-state index contributed by atoms with van der Waals surface area (Å²) < 4.78 is 18.2. The number of esters is 1. The first-order chi connectivity index (χ1) is 9.95. The standard InChI is InChI=1S/C15H13FN2O3/c16-12-5-11(6-13(17)7-12)15(20)21-8-9-1-3-10(4-2-9)14(18)19/h1-7H,8,17H2,(H2,18,19). The van der Waals surface area contributed by atoms with Crippen LogP contribution in [0.3, 0.4) is 0 Å². The molecule has 108 valence electrons. The van der Waals surface area contributed by atoms with E-state index >= 15 is 0 Å². The van der Waals surface area contributed by atoms with Gasteiger partial charge in [0, 0.05) is 11.3 Å². The summed E-state index contributed by atoms with van der Waals surface area (Å²) in [6, 6.07) is 9.80. The van der Waals surface area contributed by atoms with Crippen LogP contribution in [0, 0.1) is 5.82 Å². The molecule has 0 aliphatic carbocycles. The number of hydrogen-bond acceptors (Lipinski definition) is 4. The molecule has 0 aliphatic heterocycles. The van der Waals surface area contributed by atoms with E-state index in [2.05, 4.69) is 0 Å². The van der Waals surface area contributed by atoms with Gasteiger partial charge in [-0.2, -0.15) is 0 Å². The highest BCUT2D eigenvalue weighted by Gasteiger charge is 2.10. The Hall–Kier alpha value is -2.89. The summed E-state index contributed by atoms with van der Waals surface area (Å²) in [5, 5.41) is 0. The lowest BCUT2D eigenvalue weighted by atomic mass is 10.1. The summed E-state index contributed by atoms with van der Waals surface area (Å²) in [7, 11) is 0. The molecule has 0 bridgehead atoms. The SMILES string of the molecule is NC(=O)c1ccc(COC(=O)c2cc(N)cc(F)c2)cc1. The van der Waals surface area contributed by atoms with E-state index in [0.29, 0.717) is 11.1 Å². The van der Waals surface area contributed by atoms with Gasteiger partial charge in [0.25, 0.3) is 0 Å². The Kier molecular flexibility index (Phi) is 4.18. The summed E-state index contributed by atoms with van der Waals surface area (Å²) in [4.78, 5) is 22.7. The topological polar surface area (TPSA) is 95.4 Å². The number of nitrogens with two attached hydrogens (primary N) is 2. The van der Waals surface area contributed by atoms with Crippen molar-refractivity contribution >= 4 is 17.6 Å². The van der Waals surface area contributed by atoms with Crippen molar-refractivity contribution in [1.82, 2.24) is 0 Å². The molecule has 6 heteroatoms. The van der Waals surface area contributed by atoms with Crippen LogP contribution in [0.25, 0.3) is 0 Å². The lowest BCUT2D eigenvalue weighted by molar-refractivity contribution is 0.0472. The zero-order valence-electron chi connectivity index (χ0n) is 11.0. The van der Waals surface area contributed by atoms with Crippen LogP contribution in [0.5, 0.6) is 0 Å². The monoisotopic (exact) mass is 288 g/mol. The van der Waals surface area contributed by atoms with Crippen LogP contribution in [0.1, 0.15) is 26.3 Å². The Morgan fingerprint density at radius 1 is 1.05 bits per heavy atom. The average molecular weight is 288 g/mol. The fraction of sp³-hybridized carbons (Fsp3) is 0.0667.